The van der Waals surface area contributed by atoms with E-state index in [0.717, 1.165) is 16.6 Å². The van der Waals surface area contributed by atoms with Gasteiger partial charge in [-0.1, -0.05) is 12.1 Å². The van der Waals surface area contributed by atoms with Crippen molar-refractivity contribution in [3.63, 3.8) is 0 Å². The topological polar surface area (TPSA) is 54.0 Å². The van der Waals surface area contributed by atoms with Gasteiger partial charge in [-0.25, -0.2) is 4.79 Å². The monoisotopic (exact) mass is 346 g/mol. The fourth-order valence-corrected chi connectivity index (χ4v) is 2.58. The van der Waals surface area contributed by atoms with E-state index in [9.17, 15) is 4.79 Å². The van der Waals surface area contributed by atoms with Crippen LogP contribution in [0.3, 0.4) is 0 Å². The van der Waals surface area contributed by atoms with Crippen molar-refractivity contribution in [1.29, 1.82) is 0 Å². The van der Waals surface area contributed by atoms with Gasteiger partial charge in [0.2, 0.25) is 0 Å². The predicted molar refractivity (Wildman–Crippen MR) is 99.0 cm³/mol. The van der Waals surface area contributed by atoms with Gasteiger partial charge in [-0.3, -0.25) is 0 Å². The Hall–Kier alpha value is -1.79. The molecule has 0 N–H and O–H groups in total. The van der Waals surface area contributed by atoms with Crippen LogP contribution in [-0.4, -0.2) is 38.0 Å². The van der Waals surface area contributed by atoms with E-state index < -0.39 is 18.3 Å². The SMILES string of the molecule is CCOC(=O)/C=C(/C)c1ccc(OC)c(B2OC(C)(C)C(C)(C)O2)c1. The third-order valence-electron chi connectivity index (χ3n) is 4.81. The first-order valence-corrected chi connectivity index (χ1v) is 8.50. The van der Waals surface area contributed by atoms with Crippen molar-refractivity contribution >= 4 is 24.1 Å². The zero-order chi connectivity index (χ0) is 18.8. The minimum atomic E-state index is -0.532. The number of allylic oxidation sites excluding steroid dienone is 1. The zero-order valence-corrected chi connectivity index (χ0v) is 16.1. The second-order valence-electron chi connectivity index (χ2n) is 7.12. The Kier molecular flexibility index (Phi) is 5.64. The summed E-state index contributed by atoms with van der Waals surface area (Å²) in [5.74, 6) is 0.333. The molecule has 1 aromatic rings. The number of carbonyl (C=O) groups excluding carboxylic acids is 1. The normalized spacial score (nSPS) is 19.0. The summed E-state index contributed by atoms with van der Waals surface area (Å²) in [5.41, 5.74) is 1.62. The number of carbonyl (C=O) groups is 1. The molecule has 25 heavy (non-hydrogen) atoms. The van der Waals surface area contributed by atoms with E-state index in [-0.39, 0.29) is 5.97 Å². The molecule has 5 nitrogen and oxygen atoms in total. The molecular weight excluding hydrogens is 319 g/mol. The lowest BCUT2D eigenvalue weighted by molar-refractivity contribution is -0.137. The van der Waals surface area contributed by atoms with E-state index in [2.05, 4.69) is 0 Å². The van der Waals surface area contributed by atoms with Gasteiger partial charge in [0.05, 0.1) is 24.9 Å². The third kappa shape index (κ3) is 4.07. The second kappa shape index (κ2) is 7.22. The van der Waals surface area contributed by atoms with Crippen molar-refractivity contribution in [3.8, 4) is 5.75 Å². The molecule has 0 aliphatic carbocycles. The van der Waals surface area contributed by atoms with Gasteiger partial charge >= 0.3 is 13.1 Å². The lowest BCUT2D eigenvalue weighted by Gasteiger charge is -2.32. The summed E-state index contributed by atoms with van der Waals surface area (Å²) < 4.78 is 22.7. The number of esters is 1. The van der Waals surface area contributed by atoms with E-state index >= 15 is 0 Å². The summed E-state index contributed by atoms with van der Waals surface area (Å²) >= 11 is 0. The smallest absolute Gasteiger partial charge is 0.497 e. The summed E-state index contributed by atoms with van der Waals surface area (Å²) in [6.07, 6.45) is 1.49. The number of ether oxygens (including phenoxy) is 2. The van der Waals surface area contributed by atoms with Crippen LogP contribution < -0.4 is 10.2 Å². The molecule has 0 saturated carbocycles. The van der Waals surface area contributed by atoms with Crippen molar-refractivity contribution in [3.05, 3.63) is 29.8 Å². The van der Waals surface area contributed by atoms with E-state index in [1.165, 1.54) is 6.08 Å². The molecule has 1 heterocycles. The molecule has 1 aliphatic heterocycles. The number of hydrogen-bond acceptors (Lipinski definition) is 5. The van der Waals surface area contributed by atoms with Crippen LogP contribution in [0.4, 0.5) is 0 Å². The summed E-state index contributed by atoms with van der Waals surface area (Å²) in [5, 5.41) is 0. The number of hydrogen-bond donors (Lipinski definition) is 0. The van der Waals surface area contributed by atoms with E-state index in [1.807, 2.05) is 52.8 Å². The van der Waals surface area contributed by atoms with Crippen LogP contribution in [-0.2, 0) is 18.8 Å². The minimum absolute atomic E-state index is 0.352. The van der Waals surface area contributed by atoms with Gasteiger partial charge in [0, 0.05) is 11.5 Å². The Balaban J connectivity index is 2.37. The molecule has 0 bridgehead atoms. The maximum atomic E-state index is 11.7. The van der Waals surface area contributed by atoms with Crippen molar-refractivity contribution in [1.82, 2.24) is 0 Å². The van der Waals surface area contributed by atoms with Gasteiger partial charge in [0.25, 0.3) is 0 Å². The highest BCUT2D eigenvalue weighted by Gasteiger charge is 2.52. The Morgan fingerprint density at radius 2 is 1.80 bits per heavy atom. The summed E-state index contributed by atoms with van der Waals surface area (Å²) in [6.45, 7) is 12.0. The van der Waals surface area contributed by atoms with Gasteiger partial charge in [-0.05, 0) is 58.7 Å². The fraction of sp³-hybridized carbons (Fsp3) is 0.526. The van der Waals surface area contributed by atoms with Gasteiger partial charge in [-0.2, -0.15) is 0 Å². The molecule has 6 heteroatoms. The van der Waals surface area contributed by atoms with Crippen LogP contribution in [0.5, 0.6) is 5.75 Å². The van der Waals surface area contributed by atoms with E-state index in [1.54, 1.807) is 14.0 Å². The Morgan fingerprint density at radius 1 is 1.20 bits per heavy atom. The molecule has 0 unspecified atom stereocenters. The van der Waals surface area contributed by atoms with Crippen LogP contribution >= 0.6 is 0 Å². The standard InChI is InChI=1S/C19H27BO5/c1-8-23-17(21)11-13(2)14-9-10-16(22-7)15(12-14)20-24-18(3,4)19(5,6)25-20/h9-12H,8H2,1-7H3/b13-11-. The molecule has 2 rings (SSSR count). The van der Waals surface area contributed by atoms with Crippen molar-refractivity contribution in [2.24, 2.45) is 0 Å². The average Bonchev–Trinajstić information content (AvgIpc) is 2.74. The van der Waals surface area contributed by atoms with E-state index in [0.29, 0.717) is 12.4 Å². The van der Waals surface area contributed by atoms with Crippen molar-refractivity contribution in [2.75, 3.05) is 13.7 Å². The lowest BCUT2D eigenvalue weighted by Crippen LogP contribution is -2.41. The minimum Gasteiger partial charge on any atom is -0.497 e. The number of benzene rings is 1. The summed E-state index contributed by atoms with van der Waals surface area (Å²) in [6, 6.07) is 5.70. The molecule has 1 aromatic carbocycles. The van der Waals surface area contributed by atoms with Crippen molar-refractivity contribution < 1.29 is 23.6 Å². The Bertz CT molecular complexity index is 662. The van der Waals surface area contributed by atoms with Gasteiger partial charge in [0.1, 0.15) is 5.75 Å². The molecule has 136 valence electrons. The molecular formula is C19H27BO5. The number of methoxy groups -OCH3 is 1. The third-order valence-corrected chi connectivity index (χ3v) is 4.81. The first-order chi connectivity index (χ1) is 11.6. The highest BCUT2D eigenvalue weighted by molar-refractivity contribution is 6.63. The van der Waals surface area contributed by atoms with Crippen molar-refractivity contribution in [2.45, 2.75) is 52.7 Å². The van der Waals surface area contributed by atoms with Gasteiger partial charge in [-0.15, -0.1) is 0 Å². The highest BCUT2D eigenvalue weighted by atomic mass is 16.7. The molecule has 0 spiro atoms. The Labute approximate surface area is 150 Å². The molecule has 1 aliphatic rings. The first-order valence-electron chi connectivity index (χ1n) is 8.50. The quantitative estimate of drug-likeness (QED) is 0.466. The first kappa shape index (κ1) is 19.5. The Morgan fingerprint density at radius 3 is 2.32 bits per heavy atom. The maximum Gasteiger partial charge on any atom is 0.498 e. The van der Waals surface area contributed by atoms with E-state index in [4.69, 9.17) is 18.8 Å². The highest BCUT2D eigenvalue weighted by Crippen LogP contribution is 2.37. The maximum absolute atomic E-state index is 11.7. The summed E-state index contributed by atoms with van der Waals surface area (Å²) in [7, 11) is 1.08. The average molecular weight is 346 g/mol. The molecule has 0 aromatic heterocycles. The molecule has 0 atom stereocenters. The molecule has 1 fully saturated rings. The van der Waals surface area contributed by atoms with Crippen LogP contribution in [0.1, 0.15) is 47.1 Å². The fourth-order valence-electron chi connectivity index (χ4n) is 2.58. The van der Waals surface area contributed by atoms with Crippen LogP contribution in [0, 0.1) is 0 Å². The zero-order valence-electron chi connectivity index (χ0n) is 16.1. The predicted octanol–water partition coefficient (Wildman–Crippen LogP) is 2.96. The molecule has 1 saturated heterocycles. The van der Waals surface area contributed by atoms with Gasteiger partial charge in [0.15, 0.2) is 0 Å². The number of rotatable bonds is 5. The second-order valence-corrected chi connectivity index (χ2v) is 7.12. The van der Waals surface area contributed by atoms with Crippen LogP contribution in [0.25, 0.3) is 5.57 Å². The lowest BCUT2D eigenvalue weighted by atomic mass is 9.77. The molecule has 0 radical (unpaired) electrons. The molecule has 0 amide bonds. The van der Waals surface area contributed by atoms with Crippen LogP contribution in [0.2, 0.25) is 0 Å². The largest absolute Gasteiger partial charge is 0.498 e. The summed E-state index contributed by atoms with van der Waals surface area (Å²) in [4.78, 5) is 11.7. The van der Waals surface area contributed by atoms with Gasteiger partial charge < -0.3 is 18.8 Å². The van der Waals surface area contributed by atoms with Crippen LogP contribution in [0.15, 0.2) is 24.3 Å².